The Hall–Kier alpha value is -2.34. The number of allylic oxidation sites excluding steroid dienone is 4. The summed E-state index contributed by atoms with van der Waals surface area (Å²) in [6, 6.07) is 0. The number of hydrogen-bond donors (Lipinski definition) is 2. The molecule has 13 atom stereocenters. The molecule has 2 N–H and O–H groups in total. The van der Waals surface area contributed by atoms with Crippen molar-refractivity contribution >= 4 is 11.9 Å². The summed E-state index contributed by atoms with van der Waals surface area (Å²) in [6.07, 6.45) is 6.94. The molecule has 10 nitrogen and oxygen atoms in total. The molecule has 4 aliphatic heterocycles. The Morgan fingerprint density at radius 1 is 1.12 bits per heavy atom. The third kappa shape index (κ3) is 7.65. The smallest absolute Gasteiger partial charge is 0.316 e. The highest BCUT2D eigenvalue weighted by molar-refractivity contribution is 5.78. The Morgan fingerprint density at radius 2 is 1.86 bits per heavy atom. The molecule has 0 aromatic carbocycles. The zero-order chi connectivity index (χ0) is 35.8. The lowest BCUT2D eigenvalue weighted by molar-refractivity contribution is -0.383. The quantitative estimate of drug-likeness (QED) is 0.288. The van der Waals surface area contributed by atoms with Gasteiger partial charge in [-0.3, -0.25) is 9.59 Å². The number of carbonyl (C=O) groups is 2. The fourth-order valence-electron chi connectivity index (χ4n) is 8.45. The number of ether oxygens (including phenoxy) is 6. The normalized spacial score (nSPS) is 44.9. The molecule has 3 saturated heterocycles. The van der Waals surface area contributed by atoms with E-state index in [1.54, 1.807) is 13.2 Å². The van der Waals surface area contributed by atoms with Gasteiger partial charge in [-0.25, -0.2) is 0 Å². The van der Waals surface area contributed by atoms with Crippen molar-refractivity contribution in [3.05, 3.63) is 47.1 Å². The zero-order valence-electron chi connectivity index (χ0n) is 30.7. The summed E-state index contributed by atoms with van der Waals surface area (Å²) in [7, 11) is 1.57. The number of esters is 2. The molecule has 2 bridgehead atoms. The Balaban J connectivity index is 1.51. The second-order valence-electron chi connectivity index (χ2n) is 15.8. The average Bonchev–Trinajstić information content (AvgIpc) is 3.36. The fourth-order valence-corrected chi connectivity index (χ4v) is 8.45. The first-order valence-corrected chi connectivity index (χ1v) is 18.1. The molecule has 5 unspecified atom stereocenters. The Morgan fingerprint density at radius 3 is 2.55 bits per heavy atom. The van der Waals surface area contributed by atoms with Gasteiger partial charge in [0.15, 0.2) is 0 Å². The molecule has 0 aromatic heterocycles. The number of aliphatic hydroxyl groups is 2. The van der Waals surface area contributed by atoms with Gasteiger partial charge in [0, 0.05) is 25.9 Å². The first kappa shape index (κ1) is 37.9. The van der Waals surface area contributed by atoms with Crippen molar-refractivity contribution in [1.82, 2.24) is 0 Å². The molecular formula is C39H58O10. The zero-order valence-corrected chi connectivity index (χ0v) is 30.7. The molecule has 0 aromatic rings. The molecule has 0 amide bonds. The van der Waals surface area contributed by atoms with Crippen LogP contribution in [0.3, 0.4) is 0 Å². The standard InChI is InChI=1S/C39H58O10/c1-21(2)15-25(6)36(41)47-33-26(7)27(8)48-38(34(33)40)19-30-18-29(49-38)14-13-23(4)16-22(3)11-10-12-28-20-45-35-32(44-9)24(5)17-31(37(42)46-30)39(28,35)43/h10-13,17,21-22,25-27,29-35,40,43H,14-16,18-20H2,1-9H3/b11-10+,23-13+,28-12+/t22-,25?,26+,27?,29+,30-,31-,32+,33?,34?,35?,38+,39+/m0/s1. The van der Waals surface area contributed by atoms with E-state index >= 15 is 0 Å². The SMILES string of the molecule is CO[C@@H]1C(C)=C[C@H]2C(=O)O[C@H]3C[C@@H](C/C=C(\C)C[C@@H](C)/C=C/C=C4\COC1[C@@]42O)O[C@@]1(C3)OC(C)[C@@H](C)C(OC(=O)C(C)CC(C)C)C1O. The summed E-state index contributed by atoms with van der Waals surface area (Å²) in [6.45, 7) is 16.0. The van der Waals surface area contributed by atoms with Gasteiger partial charge >= 0.3 is 11.9 Å². The summed E-state index contributed by atoms with van der Waals surface area (Å²) in [5.74, 6) is -3.74. The average molecular weight is 687 g/mol. The van der Waals surface area contributed by atoms with E-state index in [1.807, 2.05) is 39.8 Å². The molecule has 10 heteroatoms. The lowest BCUT2D eigenvalue weighted by atomic mass is 9.70. The highest BCUT2D eigenvalue weighted by atomic mass is 16.7. The van der Waals surface area contributed by atoms with Crippen LogP contribution in [-0.2, 0) is 38.0 Å². The maximum absolute atomic E-state index is 14.3. The summed E-state index contributed by atoms with van der Waals surface area (Å²) in [5.41, 5.74) is 0.840. The molecule has 49 heavy (non-hydrogen) atoms. The van der Waals surface area contributed by atoms with Gasteiger partial charge in [-0.15, -0.1) is 0 Å². The van der Waals surface area contributed by atoms with Crippen LogP contribution in [0.4, 0.5) is 0 Å². The van der Waals surface area contributed by atoms with Crippen LogP contribution in [0.1, 0.15) is 87.5 Å². The monoisotopic (exact) mass is 686 g/mol. The van der Waals surface area contributed by atoms with Crippen molar-refractivity contribution in [1.29, 1.82) is 0 Å². The molecule has 5 aliphatic rings. The van der Waals surface area contributed by atoms with E-state index in [9.17, 15) is 19.8 Å². The summed E-state index contributed by atoms with van der Waals surface area (Å²) in [5, 5.41) is 24.4. The number of aliphatic hydroxyl groups excluding tert-OH is 1. The van der Waals surface area contributed by atoms with E-state index in [-0.39, 0.29) is 36.8 Å². The Kier molecular flexibility index (Phi) is 11.7. The van der Waals surface area contributed by atoms with Crippen molar-refractivity contribution in [2.75, 3.05) is 13.7 Å². The predicted octanol–water partition coefficient (Wildman–Crippen LogP) is 5.36. The molecule has 4 heterocycles. The van der Waals surface area contributed by atoms with Gasteiger partial charge in [-0.1, -0.05) is 70.6 Å². The van der Waals surface area contributed by atoms with E-state index in [4.69, 9.17) is 28.4 Å². The largest absolute Gasteiger partial charge is 0.462 e. The van der Waals surface area contributed by atoms with E-state index in [1.165, 1.54) is 5.57 Å². The van der Waals surface area contributed by atoms with Gasteiger partial charge in [-0.05, 0) is 63.0 Å². The number of rotatable bonds is 5. The highest BCUT2D eigenvalue weighted by Gasteiger charge is 2.62. The van der Waals surface area contributed by atoms with Gasteiger partial charge in [0.1, 0.15) is 42.0 Å². The predicted molar refractivity (Wildman–Crippen MR) is 183 cm³/mol. The molecular weight excluding hydrogens is 628 g/mol. The molecule has 0 saturated carbocycles. The van der Waals surface area contributed by atoms with Crippen molar-refractivity contribution < 1.29 is 48.2 Å². The van der Waals surface area contributed by atoms with Crippen LogP contribution in [0, 0.1) is 29.6 Å². The number of fused-ring (bicyclic) bond motifs is 2. The van der Waals surface area contributed by atoms with Crippen LogP contribution in [0.5, 0.6) is 0 Å². The van der Waals surface area contributed by atoms with Crippen molar-refractivity contribution in [2.24, 2.45) is 29.6 Å². The lowest BCUT2D eigenvalue weighted by Crippen LogP contribution is -2.67. The van der Waals surface area contributed by atoms with Gasteiger partial charge < -0.3 is 38.6 Å². The van der Waals surface area contributed by atoms with Crippen molar-refractivity contribution in [3.8, 4) is 0 Å². The van der Waals surface area contributed by atoms with Gasteiger partial charge in [0.25, 0.3) is 0 Å². The molecule has 1 spiro atoms. The van der Waals surface area contributed by atoms with Crippen LogP contribution in [0.2, 0.25) is 0 Å². The number of hydrogen-bond acceptors (Lipinski definition) is 10. The van der Waals surface area contributed by atoms with E-state index in [0.29, 0.717) is 30.8 Å². The first-order valence-electron chi connectivity index (χ1n) is 18.1. The van der Waals surface area contributed by atoms with Crippen LogP contribution in [-0.4, -0.2) is 90.0 Å². The number of methoxy groups -OCH3 is 1. The van der Waals surface area contributed by atoms with Crippen molar-refractivity contribution in [3.63, 3.8) is 0 Å². The van der Waals surface area contributed by atoms with Crippen LogP contribution >= 0.6 is 0 Å². The summed E-state index contributed by atoms with van der Waals surface area (Å²) < 4.78 is 37.4. The summed E-state index contributed by atoms with van der Waals surface area (Å²) >= 11 is 0. The van der Waals surface area contributed by atoms with E-state index in [0.717, 1.165) is 12.0 Å². The van der Waals surface area contributed by atoms with Crippen LogP contribution < -0.4 is 0 Å². The van der Waals surface area contributed by atoms with Crippen LogP contribution in [0.25, 0.3) is 0 Å². The van der Waals surface area contributed by atoms with Crippen LogP contribution in [0.15, 0.2) is 47.1 Å². The maximum Gasteiger partial charge on any atom is 0.316 e. The lowest BCUT2D eigenvalue weighted by Gasteiger charge is -2.53. The third-order valence-corrected chi connectivity index (χ3v) is 11.2. The highest BCUT2D eigenvalue weighted by Crippen LogP contribution is 2.48. The third-order valence-electron chi connectivity index (χ3n) is 11.2. The molecule has 0 radical (unpaired) electrons. The van der Waals surface area contributed by atoms with Gasteiger partial charge in [0.05, 0.1) is 24.7 Å². The first-order chi connectivity index (χ1) is 23.1. The maximum atomic E-state index is 14.3. The molecule has 3 fully saturated rings. The van der Waals surface area contributed by atoms with E-state index < -0.39 is 66.0 Å². The molecule has 274 valence electrons. The minimum Gasteiger partial charge on any atom is -0.462 e. The molecule has 5 rings (SSSR count). The second kappa shape index (κ2) is 15.1. The molecule has 1 aliphatic carbocycles. The second-order valence-corrected chi connectivity index (χ2v) is 15.8. The summed E-state index contributed by atoms with van der Waals surface area (Å²) in [4.78, 5) is 27.5. The van der Waals surface area contributed by atoms with Crippen molar-refractivity contribution in [2.45, 2.75) is 142 Å². The topological polar surface area (TPSA) is 130 Å². The Labute approximate surface area is 291 Å². The minimum atomic E-state index is -1.68. The van der Waals surface area contributed by atoms with E-state index in [2.05, 4.69) is 39.8 Å². The van der Waals surface area contributed by atoms with Gasteiger partial charge in [-0.2, -0.15) is 0 Å². The number of carbonyl (C=O) groups excluding carboxylic acids is 2. The fraction of sp³-hybridized carbons (Fsp3) is 0.744. The Bertz CT molecular complexity index is 1350. The van der Waals surface area contributed by atoms with Gasteiger partial charge in [0.2, 0.25) is 5.79 Å². The minimum absolute atomic E-state index is 0.0305.